The van der Waals surface area contributed by atoms with Gasteiger partial charge in [-0.25, -0.2) is 0 Å². The first-order valence-electron chi connectivity index (χ1n) is 7.21. The maximum atomic E-state index is 12.3. The number of ether oxygens (including phenoxy) is 2. The smallest absolute Gasteiger partial charge is 0.200 e. The van der Waals surface area contributed by atoms with Gasteiger partial charge in [0.2, 0.25) is 0 Å². The van der Waals surface area contributed by atoms with Crippen LogP contribution < -0.4 is 15.2 Å². The number of hydrogen-bond acceptors (Lipinski definition) is 4. The van der Waals surface area contributed by atoms with Crippen LogP contribution in [0.3, 0.4) is 0 Å². The van der Waals surface area contributed by atoms with Crippen LogP contribution in [0.2, 0.25) is 0 Å². The van der Waals surface area contributed by atoms with E-state index in [1.807, 2.05) is 6.08 Å². The molecule has 0 N–H and O–H groups in total. The maximum absolute atomic E-state index is 12.3. The maximum Gasteiger partial charge on any atom is 0.200 e. The van der Waals surface area contributed by atoms with E-state index in [-0.39, 0.29) is 5.78 Å². The second kappa shape index (κ2) is 3.52. The average Bonchev–Trinajstić information content (AvgIpc) is 3.08. The number of ketones is 1. The highest BCUT2D eigenvalue weighted by molar-refractivity contribution is 6.27. The average molecular weight is 279 g/mol. The van der Waals surface area contributed by atoms with Crippen LogP contribution in [0.25, 0.3) is 11.6 Å². The van der Waals surface area contributed by atoms with Crippen molar-refractivity contribution >= 4 is 23.1 Å². The fraction of sp³-hybridized carbons (Fsp3) is 0.294. The molecule has 1 spiro atoms. The SMILES string of the molecule is CCc1ccc2c3c1OC1C(=O)C=CC4(OCN=C4C=2)C=31. The van der Waals surface area contributed by atoms with Crippen molar-refractivity contribution in [3.8, 4) is 5.75 Å². The molecule has 1 aromatic carbocycles. The molecule has 0 aromatic heterocycles. The Balaban J connectivity index is 2.00. The van der Waals surface area contributed by atoms with Gasteiger partial charge in [-0.05, 0) is 35.4 Å². The number of hydrogen-bond donors (Lipinski definition) is 0. The second-order valence-corrected chi connectivity index (χ2v) is 5.72. The summed E-state index contributed by atoms with van der Waals surface area (Å²) in [6, 6.07) is 4.16. The van der Waals surface area contributed by atoms with Gasteiger partial charge in [0.25, 0.3) is 0 Å². The molecule has 0 radical (unpaired) electrons. The normalized spacial score (nSPS) is 30.5. The third-order valence-electron chi connectivity index (χ3n) is 4.76. The Bertz CT molecular complexity index is 893. The summed E-state index contributed by atoms with van der Waals surface area (Å²) in [5, 5.41) is 2.11. The predicted molar refractivity (Wildman–Crippen MR) is 77.6 cm³/mol. The van der Waals surface area contributed by atoms with Gasteiger partial charge >= 0.3 is 0 Å². The number of aliphatic imine (C=N–C) groups is 1. The minimum Gasteiger partial charge on any atom is -0.477 e. The van der Waals surface area contributed by atoms with Crippen LogP contribution in [0.5, 0.6) is 5.75 Å². The van der Waals surface area contributed by atoms with Gasteiger partial charge in [0, 0.05) is 10.8 Å². The summed E-state index contributed by atoms with van der Waals surface area (Å²) in [5.74, 6) is 0.828. The first-order valence-corrected chi connectivity index (χ1v) is 7.21. The van der Waals surface area contributed by atoms with Crippen LogP contribution >= 0.6 is 0 Å². The number of nitrogens with zero attached hydrogens (tertiary/aromatic N) is 1. The molecule has 0 saturated carbocycles. The molecule has 2 unspecified atom stereocenters. The molecule has 21 heavy (non-hydrogen) atoms. The van der Waals surface area contributed by atoms with Gasteiger partial charge < -0.3 is 9.47 Å². The number of aryl methyl sites for hydroxylation is 1. The van der Waals surface area contributed by atoms with Crippen molar-refractivity contribution in [3.05, 3.63) is 40.3 Å². The summed E-state index contributed by atoms with van der Waals surface area (Å²) < 4.78 is 12.0. The minimum absolute atomic E-state index is 0.0171. The van der Waals surface area contributed by atoms with Crippen LogP contribution in [-0.4, -0.2) is 29.9 Å². The van der Waals surface area contributed by atoms with Crippen molar-refractivity contribution in [1.82, 2.24) is 0 Å². The number of benzene rings is 1. The lowest BCUT2D eigenvalue weighted by molar-refractivity contribution is -0.119. The van der Waals surface area contributed by atoms with Gasteiger partial charge in [-0.1, -0.05) is 19.1 Å². The molecule has 0 amide bonds. The number of carbonyl (C=O) groups excluding carboxylic acids is 1. The first-order chi connectivity index (χ1) is 10.2. The first kappa shape index (κ1) is 11.5. The lowest BCUT2D eigenvalue weighted by atomic mass is 9.76. The zero-order valence-corrected chi connectivity index (χ0v) is 11.6. The molecule has 2 atom stereocenters. The fourth-order valence-corrected chi connectivity index (χ4v) is 3.76. The Morgan fingerprint density at radius 1 is 1.43 bits per heavy atom. The molecular formula is C17H13NO3. The van der Waals surface area contributed by atoms with Crippen molar-refractivity contribution in [2.75, 3.05) is 6.73 Å². The van der Waals surface area contributed by atoms with Crippen molar-refractivity contribution in [3.63, 3.8) is 0 Å². The zero-order chi connectivity index (χ0) is 14.2. The Labute approximate surface area is 121 Å². The minimum atomic E-state index is -0.691. The van der Waals surface area contributed by atoms with Gasteiger partial charge in [-0.3, -0.25) is 9.79 Å². The van der Waals surface area contributed by atoms with E-state index < -0.39 is 11.7 Å². The summed E-state index contributed by atoms with van der Waals surface area (Å²) in [6.07, 6.45) is 5.78. The van der Waals surface area contributed by atoms with Gasteiger partial charge in [0.05, 0.1) is 5.71 Å². The van der Waals surface area contributed by atoms with E-state index in [0.29, 0.717) is 6.73 Å². The van der Waals surface area contributed by atoms with E-state index in [2.05, 4.69) is 30.1 Å². The van der Waals surface area contributed by atoms with E-state index in [4.69, 9.17) is 9.47 Å². The summed E-state index contributed by atoms with van der Waals surface area (Å²) in [5.41, 5.74) is 2.24. The lowest BCUT2D eigenvalue weighted by Gasteiger charge is -2.33. The molecule has 0 bridgehead atoms. The van der Waals surface area contributed by atoms with Crippen molar-refractivity contribution in [2.45, 2.75) is 25.0 Å². The van der Waals surface area contributed by atoms with E-state index in [9.17, 15) is 4.79 Å². The largest absolute Gasteiger partial charge is 0.477 e. The van der Waals surface area contributed by atoms with Gasteiger partial charge in [0.15, 0.2) is 17.5 Å². The third-order valence-corrected chi connectivity index (χ3v) is 4.76. The van der Waals surface area contributed by atoms with E-state index in [1.54, 1.807) is 6.08 Å². The van der Waals surface area contributed by atoms with Crippen LogP contribution in [-0.2, 0) is 16.0 Å². The van der Waals surface area contributed by atoms with Crippen molar-refractivity contribution < 1.29 is 14.3 Å². The molecule has 2 aliphatic carbocycles. The van der Waals surface area contributed by atoms with Gasteiger partial charge in [-0.15, -0.1) is 0 Å². The van der Waals surface area contributed by atoms with Crippen molar-refractivity contribution in [2.24, 2.45) is 4.99 Å². The van der Waals surface area contributed by atoms with E-state index in [0.717, 1.165) is 39.5 Å². The predicted octanol–water partition coefficient (Wildman–Crippen LogP) is 0.261. The van der Waals surface area contributed by atoms with Crippen LogP contribution in [0, 0.1) is 0 Å². The van der Waals surface area contributed by atoms with Crippen LogP contribution in [0.15, 0.2) is 29.3 Å². The highest BCUT2D eigenvalue weighted by Crippen LogP contribution is 2.42. The molecule has 4 aliphatic rings. The molecule has 1 aromatic rings. The Morgan fingerprint density at radius 3 is 3.19 bits per heavy atom. The molecule has 2 aliphatic heterocycles. The topological polar surface area (TPSA) is 47.9 Å². The molecule has 2 heterocycles. The van der Waals surface area contributed by atoms with E-state index >= 15 is 0 Å². The number of rotatable bonds is 1. The van der Waals surface area contributed by atoms with Crippen LogP contribution in [0.4, 0.5) is 0 Å². The third kappa shape index (κ3) is 1.16. The molecule has 0 saturated heterocycles. The van der Waals surface area contributed by atoms with Gasteiger partial charge in [-0.2, -0.15) is 0 Å². The van der Waals surface area contributed by atoms with Crippen molar-refractivity contribution in [1.29, 1.82) is 0 Å². The fourth-order valence-electron chi connectivity index (χ4n) is 3.76. The van der Waals surface area contributed by atoms with Crippen LogP contribution in [0.1, 0.15) is 12.5 Å². The summed E-state index contributed by atoms with van der Waals surface area (Å²) in [7, 11) is 0. The summed E-state index contributed by atoms with van der Waals surface area (Å²) in [4.78, 5) is 16.7. The molecule has 4 nitrogen and oxygen atoms in total. The van der Waals surface area contributed by atoms with E-state index in [1.165, 1.54) is 0 Å². The molecule has 5 rings (SSSR count). The quantitative estimate of drug-likeness (QED) is 0.741. The molecule has 104 valence electrons. The Morgan fingerprint density at radius 2 is 2.33 bits per heavy atom. The monoisotopic (exact) mass is 279 g/mol. The Hall–Kier alpha value is -2.20. The molecule has 4 heteroatoms. The Kier molecular flexibility index (Phi) is 1.92. The molecular weight excluding hydrogens is 266 g/mol. The molecule has 0 fully saturated rings. The number of carbonyl (C=O) groups is 1. The highest BCUT2D eigenvalue weighted by Gasteiger charge is 2.53. The second-order valence-electron chi connectivity index (χ2n) is 5.72. The zero-order valence-electron chi connectivity index (χ0n) is 11.6. The standard InChI is InChI=1S/C17H13NO3/c1-2-9-3-4-10-7-12-17(20-8-18-12)6-5-11(19)16-14(17)13(10)15(9)21-16/h3-7,16H,2,8H2,1H3. The summed E-state index contributed by atoms with van der Waals surface area (Å²) in [6.45, 7) is 2.42. The van der Waals surface area contributed by atoms with Gasteiger partial charge in [0.1, 0.15) is 12.5 Å². The lowest BCUT2D eigenvalue weighted by Crippen LogP contribution is -2.51. The summed E-state index contributed by atoms with van der Waals surface area (Å²) >= 11 is 0. The highest BCUT2D eigenvalue weighted by atomic mass is 16.5.